The molecule has 1 unspecified atom stereocenters. The van der Waals surface area contributed by atoms with E-state index in [-0.39, 0.29) is 42.2 Å². The number of Topliss-reactive ketones (excluding diaryl/α,β-unsaturated/α-hetero) is 2. The number of hydrogen-bond donors (Lipinski definition) is 1. The number of nitrogens with one attached hydrogen (secondary N) is 1. The highest BCUT2D eigenvalue weighted by Gasteiger charge is 2.23. The molecule has 0 spiro atoms. The SMILES string of the molecule is CC(C)c1cccc(C(C)C)c1NCCC(=O)CC(=O)C(Cc1ccccc1)Cc1ccc(OC(=O)CCCCCCN2CCCCCC2=O)cc1. The van der Waals surface area contributed by atoms with Crippen molar-refractivity contribution in [1.82, 2.24) is 4.90 Å². The second-order valence-electron chi connectivity index (χ2n) is 15.0. The molecule has 0 aliphatic carbocycles. The first kappa shape index (κ1) is 40.5. The summed E-state index contributed by atoms with van der Waals surface area (Å²) in [5, 5.41) is 3.53. The maximum absolute atomic E-state index is 13.6. The molecule has 1 saturated heterocycles. The van der Waals surface area contributed by atoms with E-state index in [1.54, 1.807) is 12.1 Å². The van der Waals surface area contributed by atoms with Crippen molar-refractivity contribution in [3.05, 3.63) is 95.1 Å². The Morgan fingerprint density at radius 1 is 0.731 bits per heavy atom. The number of ether oxygens (including phenoxy) is 1. The van der Waals surface area contributed by atoms with E-state index in [0.717, 1.165) is 74.8 Å². The number of carbonyl (C=O) groups is 4. The molecule has 1 amide bonds. The molecule has 1 heterocycles. The standard InChI is InChI=1S/C45H60N2O5/c1-33(2)40-18-15-19-41(34(3)4)45(40)46-27-26-38(48)32-42(49)37(30-35-16-9-7-10-17-35)31-36-22-24-39(25-23-36)52-44(51)21-12-5-6-13-28-47-29-14-8-11-20-43(47)50/h7,9-10,15-19,22-25,33-34,37,46H,5-6,8,11-14,20-21,26-32H2,1-4H3. The van der Waals surface area contributed by atoms with E-state index in [4.69, 9.17) is 4.74 Å². The van der Waals surface area contributed by atoms with E-state index >= 15 is 0 Å². The summed E-state index contributed by atoms with van der Waals surface area (Å²) in [7, 11) is 0. The lowest BCUT2D eigenvalue weighted by molar-refractivity contribution is -0.134. The molecular formula is C45H60N2O5. The number of unbranched alkanes of at least 4 members (excludes halogenated alkanes) is 3. The number of rotatable bonds is 21. The van der Waals surface area contributed by atoms with E-state index < -0.39 is 0 Å². The molecule has 7 heteroatoms. The lowest BCUT2D eigenvalue weighted by atomic mass is 9.87. The second-order valence-corrected chi connectivity index (χ2v) is 15.0. The Bertz CT molecular complexity index is 1550. The first-order chi connectivity index (χ1) is 25.1. The molecule has 1 fully saturated rings. The number of carbonyl (C=O) groups excluding carboxylic acids is 4. The fourth-order valence-corrected chi connectivity index (χ4v) is 7.07. The van der Waals surface area contributed by atoms with Crippen LogP contribution in [-0.4, -0.2) is 48.0 Å². The van der Waals surface area contributed by atoms with Crippen LogP contribution in [0.2, 0.25) is 0 Å². The minimum absolute atomic E-state index is 0.0483. The minimum Gasteiger partial charge on any atom is -0.427 e. The molecule has 1 aliphatic heterocycles. The summed E-state index contributed by atoms with van der Waals surface area (Å²) in [5.74, 6) is 0.769. The van der Waals surface area contributed by atoms with Crippen molar-refractivity contribution in [3.63, 3.8) is 0 Å². The van der Waals surface area contributed by atoms with Crippen molar-refractivity contribution in [2.75, 3.05) is 25.0 Å². The van der Waals surface area contributed by atoms with Gasteiger partial charge in [-0.3, -0.25) is 19.2 Å². The van der Waals surface area contributed by atoms with Gasteiger partial charge in [0.25, 0.3) is 0 Å². The van der Waals surface area contributed by atoms with E-state index in [0.29, 0.717) is 49.8 Å². The summed E-state index contributed by atoms with van der Waals surface area (Å²) in [4.78, 5) is 53.5. The third kappa shape index (κ3) is 13.4. The average molecular weight is 709 g/mol. The zero-order chi connectivity index (χ0) is 37.3. The van der Waals surface area contributed by atoms with E-state index in [2.05, 4.69) is 51.2 Å². The average Bonchev–Trinajstić information content (AvgIpc) is 3.33. The Morgan fingerprint density at radius 3 is 2.06 bits per heavy atom. The quantitative estimate of drug-likeness (QED) is 0.0513. The van der Waals surface area contributed by atoms with Gasteiger partial charge >= 0.3 is 5.97 Å². The van der Waals surface area contributed by atoms with Gasteiger partial charge in [0, 0.05) is 50.5 Å². The van der Waals surface area contributed by atoms with Crippen molar-refractivity contribution in [1.29, 1.82) is 0 Å². The number of esters is 1. The molecule has 0 saturated carbocycles. The number of nitrogens with zero attached hydrogens (tertiary/aromatic N) is 1. The number of ketones is 2. The number of amides is 1. The lowest BCUT2D eigenvalue weighted by Crippen LogP contribution is -2.31. The van der Waals surface area contributed by atoms with Crippen LogP contribution in [0, 0.1) is 5.92 Å². The molecule has 0 aromatic heterocycles. The molecule has 0 bridgehead atoms. The highest BCUT2D eigenvalue weighted by molar-refractivity contribution is 6.00. The highest BCUT2D eigenvalue weighted by Crippen LogP contribution is 2.32. The Kier molecular flexibility index (Phi) is 16.6. The van der Waals surface area contributed by atoms with Crippen LogP contribution in [0.1, 0.15) is 132 Å². The van der Waals surface area contributed by atoms with Crippen LogP contribution in [0.5, 0.6) is 5.75 Å². The molecule has 1 atom stereocenters. The summed E-state index contributed by atoms with van der Waals surface area (Å²) in [6, 6.07) is 23.7. The predicted octanol–water partition coefficient (Wildman–Crippen LogP) is 9.62. The van der Waals surface area contributed by atoms with Crippen LogP contribution in [-0.2, 0) is 32.0 Å². The molecule has 4 rings (SSSR count). The number of para-hydroxylation sites is 1. The van der Waals surface area contributed by atoms with E-state index in [1.165, 1.54) is 11.1 Å². The molecular weight excluding hydrogens is 649 g/mol. The van der Waals surface area contributed by atoms with Crippen LogP contribution in [0.15, 0.2) is 72.8 Å². The minimum atomic E-state index is -0.348. The fraction of sp³-hybridized carbons (Fsp3) is 0.511. The van der Waals surface area contributed by atoms with Crippen molar-refractivity contribution in [3.8, 4) is 5.75 Å². The van der Waals surface area contributed by atoms with Gasteiger partial charge in [-0.2, -0.15) is 0 Å². The summed E-state index contributed by atoms with van der Waals surface area (Å²) < 4.78 is 5.60. The lowest BCUT2D eigenvalue weighted by Gasteiger charge is -2.21. The molecule has 7 nitrogen and oxygen atoms in total. The molecule has 3 aromatic carbocycles. The van der Waals surface area contributed by atoms with Gasteiger partial charge in [0.2, 0.25) is 5.91 Å². The van der Waals surface area contributed by atoms with Crippen molar-refractivity contribution < 1.29 is 23.9 Å². The van der Waals surface area contributed by atoms with Crippen LogP contribution in [0.4, 0.5) is 5.69 Å². The third-order valence-corrected chi connectivity index (χ3v) is 10.1. The van der Waals surface area contributed by atoms with E-state index in [1.807, 2.05) is 47.4 Å². The summed E-state index contributed by atoms with van der Waals surface area (Å²) in [6.45, 7) is 10.9. The van der Waals surface area contributed by atoms with Crippen LogP contribution >= 0.6 is 0 Å². The van der Waals surface area contributed by atoms with Crippen molar-refractivity contribution >= 4 is 29.1 Å². The first-order valence-electron chi connectivity index (χ1n) is 19.6. The molecule has 1 N–H and O–H groups in total. The largest absolute Gasteiger partial charge is 0.427 e. The molecule has 1 aliphatic rings. The van der Waals surface area contributed by atoms with Gasteiger partial charge in [0.15, 0.2) is 0 Å². The van der Waals surface area contributed by atoms with E-state index in [9.17, 15) is 19.2 Å². The van der Waals surface area contributed by atoms with Gasteiger partial charge < -0.3 is 15.0 Å². The van der Waals surface area contributed by atoms with Crippen molar-refractivity contribution in [2.45, 2.75) is 123 Å². The van der Waals surface area contributed by atoms with Gasteiger partial charge in [-0.25, -0.2) is 0 Å². The Balaban J connectivity index is 1.25. The molecule has 0 radical (unpaired) electrons. The second kappa shape index (κ2) is 21.3. The summed E-state index contributed by atoms with van der Waals surface area (Å²) in [5.41, 5.74) is 5.60. The summed E-state index contributed by atoms with van der Waals surface area (Å²) >= 11 is 0. The number of hydrogen-bond acceptors (Lipinski definition) is 6. The zero-order valence-corrected chi connectivity index (χ0v) is 32.0. The van der Waals surface area contributed by atoms with Crippen LogP contribution in [0.25, 0.3) is 0 Å². The van der Waals surface area contributed by atoms with Crippen LogP contribution in [0.3, 0.4) is 0 Å². The Labute approximate surface area is 311 Å². The number of benzene rings is 3. The maximum Gasteiger partial charge on any atom is 0.311 e. The third-order valence-electron chi connectivity index (χ3n) is 10.1. The van der Waals surface area contributed by atoms with Gasteiger partial charge in [0.05, 0.1) is 6.42 Å². The fourth-order valence-electron chi connectivity index (χ4n) is 7.07. The van der Waals surface area contributed by atoms with Gasteiger partial charge in [-0.05, 0) is 84.7 Å². The van der Waals surface area contributed by atoms with Crippen LogP contribution < -0.4 is 10.1 Å². The first-order valence-corrected chi connectivity index (χ1v) is 19.6. The monoisotopic (exact) mass is 708 g/mol. The predicted molar refractivity (Wildman–Crippen MR) is 210 cm³/mol. The maximum atomic E-state index is 13.6. The highest BCUT2D eigenvalue weighted by atomic mass is 16.5. The normalized spacial score (nSPS) is 14.0. The molecule has 52 heavy (non-hydrogen) atoms. The van der Waals surface area contributed by atoms with Gasteiger partial charge in [-0.15, -0.1) is 0 Å². The number of likely N-dealkylation sites (tertiary alicyclic amines) is 1. The molecule has 3 aromatic rings. The molecule has 280 valence electrons. The Hall–Kier alpha value is -4.26. The smallest absolute Gasteiger partial charge is 0.311 e. The summed E-state index contributed by atoms with van der Waals surface area (Å²) in [6.07, 6.45) is 9.15. The van der Waals surface area contributed by atoms with Gasteiger partial charge in [0.1, 0.15) is 17.3 Å². The van der Waals surface area contributed by atoms with Gasteiger partial charge in [-0.1, -0.05) is 108 Å². The van der Waals surface area contributed by atoms with Crippen molar-refractivity contribution in [2.24, 2.45) is 5.92 Å². The zero-order valence-electron chi connectivity index (χ0n) is 32.0. The Morgan fingerprint density at radius 2 is 1.38 bits per heavy atom. The topological polar surface area (TPSA) is 92.8 Å². The number of anilines is 1.